The van der Waals surface area contributed by atoms with Crippen molar-refractivity contribution < 1.29 is 42.0 Å². The third-order valence-electron chi connectivity index (χ3n) is 0.887. The number of phenolic OH excluding ortho intramolecular Hbond substituents is 3. The normalized spacial score (nSPS) is 7.33. The molecule has 0 fully saturated rings. The van der Waals surface area contributed by atoms with Gasteiger partial charge in [0.1, 0.15) is 17.2 Å². The zero-order valence-electron chi connectivity index (χ0n) is 8.23. The van der Waals surface area contributed by atoms with E-state index in [0.717, 1.165) is 18.2 Å². The van der Waals surface area contributed by atoms with Crippen LogP contribution in [0, 0.1) is 30.6 Å². The van der Waals surface area contributed by atoms with Crippen molar-refractivity contribution in [1.29, 1.82) is 0 Å². The van der Waals surface area contributed by atoms with Gasteiger partial charge in [-0.2, -0.15) is 0 Å². The van der Waals surface area contributed by atoms with Gasteiger partial charge in [0.15, 0.2) is 0 Å². The first-order valence-electron chi connectivity index (χ1n) is 3.50. The molecule has 0 saturated heterocycles. The van der Waals surface area contributed by atoms with E-state index in [-0.39, 0.29) is 33.7 Å². The second-order valence-corrected chi connectivity index (χ2v) is 2.15. The first kappa shape index (κ1) is 20.9. The molecule has 0 heterocycles. The van der Waals surface area contributed by atoms with E-state index >= 15 is 0 Å². The van der Waals surface area contributed by atoms with E-state index in [0.29, 0.717) is 0 Å². The fourth-order valence-corrected chi connectivity index (χ4v) is 0.580. The van der Waals surface area contributed by atoms with Gasteiger partial charge in [-0.1, -0.05) is 0 Å². The predicted octanol–water partition coefficient (Wildman–Crippen LogP) is 0.323. The zero-order valence-corrected chi connectivity index (χ0v) is 9.22. The van der Waals surface area contributed by atoms with E-state index in [1.54, 1.807) is 0 Å². The van der Waals surface area contributed by atoms with Crippen LogP contribution in [0.5, 0.6) is 17.2 Å². The smallest absolute Gasteiger partial charge is 0.508 e. The van der Waals surface area contributed by atoms with E-state index in [1.165, 1.54) is 0 Å². The Morgan fingerprint density at radius 2 is 0.833 bits per heavy atom. The van der Waals surface area contributed by atoms with Crippen LogP contribution in [0.25, 0.3) is 0 Å². The molecule has 0 atom stereocenters. The maximum Gasteiger partial charge on any atom is 2.00 e. The van der Waals surface area contributed by atoms with Crippen LogP contribution >= 0.6 is 0 Å². The molecule has 12 heteroatoms. The molecule has 0 spiro atoms. The van der Waals surface area contributed by atoms with Crippen LogP contribution in [0.3, 0.4) is 0 Å². The summed E-state index contributed by atoms with van der Waals surface area (Å²) in [6.07, 6.45) is 0. The van der Waals surface area contributed by atoms with Crippen LogP contribution in [0.4, 0.5) is 0 Å². The van der Waals surface area contributed by atoms with Gasteiger partial charge in [-0.05, 0) is 0 Å². The number of rotatable bonds is 0. The summed E-state index contributed by atoms with van der Waals surface area (Å²) < 4.78 is 0. The fraction of sp³-hybridized carbons (Fsp3) is 0. The van der Waals surface area contributed by atoms with Crippen LogP contribution in [-0.2, 0) is 16.5 Å². The molecule has 0 aromatic heterocycles. The quantitative estimate of drug-likeness (QED) is 0.343. The summed E-state index contributed by atoms with van der Waals surface area (Å²) >= 11 is 0. The minimum absolute atomic E-state index is 0. The van der Waals surface area contributed by atoms with Crippen molar-refractivity contribution in [2.24, 2.45) is 0 Å². The maximum atomic E-state index is 8.67. The standard InChI is InChI=1S/C6H6O3.2NO3.Ni/c7-4-1-5(8)3-6(9)2-4;2*2-1(3)4;/h1-3,7-9H;;;/q;2*-1;+2. The average Bonchev–Trinajstić information content (AvgIpc) is 1.96. The summed E-state index contributed by atoms with van der Waals surface area (Å²) in [5.41, 5.74) is 0. The minimum Gasteiger partial charge on any atom is -0.508 e. The van der Waals surface area contributed by atoms with Gasteiger partial charge >= 0.3 is 16.5 Å². The van der Waals surface area contributed by atoms with E-state index in [9.17, 15) is 0 Å². The molecule has 0 bridgehead atoms. The van der Waals surface area contributed by atoms with E-state index in [4.69, 9.17) is 46.0 Å². The van der Waals surface area contributed by atoms with Crippen LogP contribution in [-0.4, -0.2) is 25.5 Å². The molecule has 1 aromatic rings. The summed E-state index contributed by atoms with van der Waals surface area (Å²) in [6, 6.07) is 3.42. The Balaban J connectivity index is -0.000000214. The van der Waals surface area contributed by atoms with Gasteiger partial charge in [-0.15, -0.1) is 0 Å². The van der Waals surface area contributed by atoms with Gasteiger partial charge in [-0.25, -0.2) is 0 Å². The van der Waals surface area contributed by atoms with Crippen LogP contribution in [0.15, 0.2) is 18.2 Å². The first-order chi connectivity index (χ1) is 7.65. The van der Waals surface area contributed by atoms with Gasteiger partial charge in [0.2, 0.25) is 0 Å². The summed E-state index contributed by atoms with van der Waals surface area (Å²) in [6.45, 7) is 0. The summed E-state index contributed by atoms with van der Waals surface area (Å²) in [7, 11) is 0. The second-order valence-electron chi connectivity index (χ2n) is 2.15. The first-order valence-corrected chi connectivity index (χ1v) is 3.50. The number of hydrogen-bond donors (Lipinski definition) is 3. The van der Waals surface area contributed by atoms with Crippen molar-refractivity contribution in [1.82, 2.24) is 0 Å². The predicted molar refractivity (Wildman–Crippen MR) is 52.2 cm³/mol. The fourth-order valence-electron chi connectivity index (χ4n) is 0.580. The second kappa shape index (κ2) is 11.0. The zero-order chi connectivity index (χ0) is 14.0. The summed E-state index contributed by atoms with van der Waals surface area (Å²) in [5.74, 6) is -0.437. The Hall–Kier alpha value is -2.49. The molecular formula is C6H6N2NiO9. The Labute approximate surface area is 109 Å². The molecule has 3 N–H and O–H groups in total. The van der Waals surface area contributed by atoms with Gasteiger partial charge in [0.05, 0.1) is 10.2 Å². The van der Waals surface area contributed by atoms with E-state index < -0.39 is 10.2 Å². The Bertz CT molecular complexity index is 315. The molecule has 0 amide bonds. The minimum atomic E-state index is -1.75. The van der Waals surface area contributed by atoms with Gasteiger partial charge < -0.3 is 46.0 Å². The summed E-state index contributed by atoms with van der Waals surface area (Å²) in [5, 5.41) is 55.5. The molecule has 104 valence electrons. The van der Waals surface area contributed by atoms with Gasteiger partial charge in [-0.3, -0.25) is 0 Å². The average molecular weight is 309 g/mol. The topological polar surface area (TPSA) is 193 Å². The van der Waals surface area contributed by atoms with E-state index in [1.807, 2.05) is 0 Å². The number of aromatic hydroxyl groups is 3. The molecule has 18 heavy (non-hydrogen) atoms. The largest absolute Gasteiger partial charge is 2.00 e. The molecule has 1 rings (SSSR count). The van der Waals surface area contributed by atoms with Gasteiger partial charge in [0.25, 0.3) is 0 Å². The van der Waals surface area contributed by atoms with E-state index in [2.05, 4.69) is 0 Å². The maximum absolute atomic E-state index is 8.67. The molecule has 0 unspecified atom stereocenters. The Morgan fingerprint density at radius 3 is 0.944 bits per heavy atom. The SMILES string of the molecule is O=[N+]([O-])[O-].O=[N+]([O-])[O-].Oc1cc(O)cc(O)c1.[Ni+2]. The number of nitrogens with zero attached hydrogens (tertiary/aromatic N) is 2. The van der Waals surface area contributed by atoms with Crippen LogP contribution in [0.1, 0.15) is 0 Å². The number of benzene rings is 1. The third-order valence-corrected chi connectivity index (χ3v) is 0.887. The van der Waals surface area contributed by atoms with Crippen molar-refractivity contribution in [3.05, 3.63) is 48.8 Å². The summed E-state index contributed by atoms with van der Waals surface area (Å²) in [4.78, 5) is 16.5. The van der Waals surface area contributed by atoms with Crippen molar-refractivity contribution >= 4 is 0 Å². The Kier molecular flexibility index (Phi) is 12.8. The molecular weight excluding hydrogens is 303 g/mol. The molecule has 0 aliphatic carbocycles. The van der Waals surface area contributed by atoms with Gasteiger partial charge in [0, 0.05) is 18.2 Å². The molecule has 11 nitrogen and oxygen atoms in total. The monoisotopic (exact) mass is 308 g/mol. The van der Waals surface area contributed by atoms with Crippen LogP contribution in [0.2, 0.25) is 0 Å². The third kappa shape index (κ3) is 23.4. The van der Waals surface area contributed by atoms with Crippen molar-refractivity contribution in [2.75, 3.05) is 0 Å². The number of hydrogen-bond acceptors (Lipinski definition) is 9. The van der Waals surface area contributed by atoms with Crippen LogP contribution < -0.4 is 0 Å². The number of phenols is 3. The molecule has 0 radical (unpaired) electrons. The van der Waals surface area contributed by atoms with Crippen molar-refractivity contribution in [3.8, 4) is 17.2 Å². The van der Waals surface area contributed by atoms with Crippen molar-refractivity contribution in [2.45, 2.75) is 0 Å². The molecule has 0 aliphatic rings. The van der Waals surface area contributed by atoms with Crippen molar-refractivity contribution in [3.63, 3.8) is 0 Å². The Morgan fingerprint density at radius 1 is 0.722 bits per heavy atom. The molecule has 0 aliphatic heterocycles. The molecule has 1 aromatic carbocycles. The molecule has 0 saturated carbocycles.